The van der Waals surface area contributed by atoms with Gasteiger partial charge in [-0.1, -0.05) is 26.8 Å². The van der Waals surface area contributed by atoms with Gasteiger partial charge in [0.05, 0.1) is 0 Å². The molecule has 2 atom stereocenters. The van der Waals surface area contributed by atoms with Crippen molar-refractivity contribution in [1.29, 1.82) is 0 Å². The average molecular weight is 328 g/mol. The highest BCUT2D eigenvalue weighted by atomic mass is 32.2. The van der Waals surface area contributed by atoms with Crippen LogP contribution >= 0.6 is 11.8 Å². The van der Waals surface area contributed by atoms with Crippen molar-refractivity contribution < 1.29 is 9.53 Å². The summed E-state index contributed by atoms with van der Waals surface area (Å²) in [6.45, 7) is 15.0. The molecule has 0 aliphatic heterocycles. The van der Waals surface area contributed by atoms with Crippen LogP contribution in [-0.4, -0.2) is 27.2 Å². The van der Waals surface area contributed by atoms with E-state index in [-0.39, 0.29) is 27.2 Å². The van der Waals surface area contributed by atoms with E-state index in [9.17, 15) is 4.79 Å². The third kappa shape index (κ3) is 8.23. The van der Waals surface area contributed by atoms with Crippen molar-refractivity contribution in [3.8, 4) is 0 Å². The van der Waals surface area contributed by atoms with Crippen molar-refractivity contribution in [2.75, 3.05) is 0 Å². The predicted octanol–water partition coefficient (Wildman–Crippen LogP) is 5.30. The molecule has 0 aromatic rings. The summed E-state index contributed by atoms with van der Waals surface area (Å²) >= 11 is 1.26. The first kappa shape index (κ1) is 19.6. The summed E-state index contributed by atoms with van der Waals surface area (Å²) in [5, 5.41) is 3.56. The van der Waals surface area contributed by atoms with Gasteiger partial charge in [0, 0.05) is 15.8 Å². The van der Waals surface area contributed by atoms with Gasteiger partial charge in [0.1, 0.15) is 6.10 Å². The van der Waals surface area contributed by atoms with E-state index in [4.69, 9.17) is 4.74 Å². The first-order valence-electron chi connectivity index (χ1n) is 8.24. The molecule has 0 saturated carbocycles. The molecule has 1 N–H and O–H groups in total. The third-order valence-corrected chi connectivity index (χ3v) is 4.33. The quantitative estimate of drug-likeness (QED) is 0.551. The molecule has 0 spiro atoms. The third-order valence-electron chi connectivity index (χ3n) is 3.45. The highest BCUT2D eigenvalue weighted by Crippen LogP contribution is 2.29. The van der Waals surface area contributed by atoms with Crippen LogP contribution < -0.4 is 5.32 Å². The number of thioether (sulfide) groups is 1. The van der Waals surface area contributed by atoms with Gasteiger partial charge in [0.25, 0.3) is 0 Å². The summed E-state index contributed by atoms with van der Waals surface area (Å²) in [6.07, 6.45) is 8.15. The summed E-state index contributed by atoms with van der Waals surface area (Å²) in [5.74, 6) is 0. The molecule has 0 fully saturated rings. The van der Waals surface area contributed by atoms with Crippen LogP contribution in [0.3, 0.4) is 0 Å². The first-order chi connectivity index (χ1) is 9.89. The zero-order valence-corrected chi connectivity index (χ0v) is 16.1. The lowest BCUT2D eigenvalue weighted by molar-refractivity contribution is 0.134. The van der Waals surface area contributed by atoms with Crippen molar-refractivity contribution in [3.05, 3.63) is 12.2 Å². The summed E-state index contributed by atoms with van der Waals surface area (Å²) in [5.41, 5.74) is 0.223. The maximum atomic E-state index is 11.9. The smallest absolute Gasteiger partial charge is 0.368 e. The highest BCUT2D eigenvalue weighted by Gasteiger charge is 2.29. The van der Waals surface area contributed by atoms with E-state index < -0.39 is 0 Å². The van der Waals surface area contributed by atoms with E-state index in [0.717, 1.165) is 25.7 Å². The standard InChI is InChI=1S/C18H33NO2S/c1-16(2,3)19-18(7)12-8-10-14(11-9-13-18)21-15(20)22-17(4,5)6/h8,10,14,19H,9,11-13H2,1-7H3/b10-8+. The Kier molecular flexibility index (Phi) is 6.58. The maximum Gasteiger partial charge on any atom is 0.368 e. The van der Waals surface area contributed by atoms with Crippen LogP contribution in [0.4, 0.5) is 4.79 Å². The lowest BCUT2D eigenvalue weighted by Crippen LogP contribution is -2.52. The van der Waals surface area contributed by atoms with Crippen LogP contribution in [0.25, 0.3) is 0 Å². The minimum absolute atomic E-state index is 0.0819. The van der Waals surface area contributed by atoms with Gasteiger partial charge in [0.15, 0.2) is 0 Å². The Balaban J connectivity index is 2.58. The van der Waals surface area contributed by atoms with Gasteiger partial charge in [-0.3, -0.25) is 0 Å². The molecular weight excluding hydrogens is 294 g/mol. The Morgan fingerprint density at radius 3 is 2.45 bits per heavy atom. The van der Waals surface area contributed by atoms with E-state index >= 15 is 0 Å². The van der Waals surface area contributed by atoms with Crippen molar-refractivity contribution in [3.63, 3.8) is 0 Å². The van der Waals surface area contributed by atoms with Gasteiger partial charge < -0.3 is 10.1 Å². The lowest BCUT2D eigenvalue weighted by atomic mass is 9.85. The fraction of sp³-hybridized carbons (Fsp3) is 0.833. The second-order valence-electron chi connectivity index (χ2n) is 8.58. The van der Waals surface area contributed by atoms with Gasteiger partial charge in [-0.25, -0.2) is 4.79 Å². The van der Waals surface area contributed by atoms with Crippen molar-refractivity contribution >= 4 is 17.1 Å². The highest BCUT2D eigenvalue weighted by molar-refractivity contribution is 8.14. The number of carbonyl (C=O) groups is 1. The molecule has 0 aromatic heterocycles. The number of hydrogen-bond donors (Lipinski definition) is 1. The Labute approximate surface area is 140 Å². The van der Waals surface area contributed by atoms with Crippen LogP contribution in [0.1, 0.15) is 74.1 Å². The zero-order valence-electron chi connectivity index (χ0n) is 15.3. The zero-order chi connectivity index (χ0) is 17.0. The Morgan fingerprint density at radius 2 is 1.91 bits per heavy atom. The average Bonchev–Trinajstić information content (AvgIpc) is 2.20. The van der Waals surface area contributed by atoms with E-state index in [2.05, 4.69) is 45.2 Å². The topological polar surface area (TPSA) is 38.3 Å². The molecule has 128 valence electrons. The largest absolute Gasteiger partial charge is 0.450 e. The second-order valence-corrected chi connectivity index (χ2v) is 10.3. The second kappa shape index (κ2) is 7.39. The van der Waals surface area contributed by atoms with Gasteiger partial charge in [-0.2, -0.15) is 0 Å². The molecule has 22 heavy (non-hydrogen) atoms. The monoisotopic (exact) mass is 327 g/mol. The van der Waals surface area contributed by atoms with Gasteiger partial charge >= 0.3 is 5.30 Å². The van der Waals surface area contributed by atoms with Crippen LogP contribution in [0.5, 0.6) is 0 Å². The van der Waals surface area contributed by atoms with Crippen molar-refractivity contribution in [2.24, 2.45) is 0 Å². The Bertz CT molecular complexity index is 406. The van der Waals surface area contributed by atoms with Crippen LogP contribution in [0, 0.1) is 0 Å². The van der Waals surface area contributed by atoms with Gasteiger partial charge in [-0.15, -0.1) is 0 Å². The predicted molar refractivity (Wildman–Crippen MR) is 96.5 cm³/mol. The molecule has 0 heterocycles. The minimum Gasteiger partial charge on any atom is -0.450 e. The minimum atomic E-state index is -0.168. The molecule has 0 aromatic carbocycles. The Morgan fingerprint density at radius 1 is 1.27 bits per heavy atom. The van der Waals surface area contributed by atoms with Crippen LogP contribution in [0.2, 0.25) is 0 Å². The molecule has 1 rings (SSSR count). The fourth-order valence-corrected chi connectivity index (χ4v) is 3.56. The summed E-state index contributed by atoms with van der Waals surface area (Å²) in [7, 11) is 0. The summed E-state index contributed by atoms with van der Waals surface area (Å²) in [6, 6.07) is 0. The van der Waals surface area contributed by atoms with E-state index in [1.54, 1.807) is 0 Å². The molecule has 1 aliphatic rings. The molecule has 3 nitrogen and oxygen atoms in total. The molecule has 0 radical (unpaired) electrons. The van der Waals surface area contributed by atoms with Crippen LogP contribution in [0.15, 0.2) is 12.2 Å². The Hall–Kier alpha value is -0.480. The van der Waals surface area contributed by atoms with Gasteiger partial charge in [0.2, 0.25) is 0 Å². The number of carbonyl (C=O) groups excluding carboxylic acids is 1. The molecule has 0 bridgehead atoms. The summed E-state index contributed by atoms with van der Waals surface area (Å²) in [4.78, 5) is 11.9. The van der Waals surface area contributed by atoms with Crippen molar-refractivity contribution in [2.45, 2.75) is 96.1 Å². The number of hydrogen-bond acceptors (Lipinski definition) is 4. The fourth-order valence-electron chi connectivity index (χ4n) is 2.89. The molecular formula is C18H33NO2S. The van der Waals surface area contributed by atoms with E-state index in [1.807, 2.05) is 20.8 Å². The van der Waals surface area contributed by atoms with Crippen molar-refractivity contribution in [1.82, 2.24) is 5.32 Å². The first-order valence-corrected chi connectivity index (χ1v) is 9.06. The molecule has 0 amide bonds. The molecule has 4 heteroatoms. The van der Waals surface area contributed by atoms with Gasteiger partial charge in [-0.05, 0) is 71.2 Å². The lowest BCUT2D eigenvalue weighted by Gasteiger charge is -2.38. The van der Waals surface area contributed by atoms with E-state index in [0.29, 0.717) is 0 Å². The van der Waals surface area contributed by atoms with E-state index in [1.165, 1.54) is 11.8 Å². The normalized spacial score (nSPS) is 28.6. The molecule has 2 unspecified atom stereocenters. The number of nitrogens with one attached hydrogen (secondary N) is 1. The number of ether oxygens (including phenoxy) is 1. The molecule has 0 saturated heterocycles. The summed E-state index contributed by atoms with van der Waals surface area (Å²) < 4.78 is 5.49. The van der Waals surface area contributed by atoms with Crippen LogP contribution in [-0.2, 0) is 4.74 Å². The SMILES string of the molecule is CC(C)(C)NC1(C)C/C=C/C(OC(=O)SC(C)(C)C)CCC1. The number of rotatable bonds is 2. The molecule has 1 aliphatic carbocycles. The maximum absolute atomic E-state index is 11.9.